The zero-order valence-electron chi connectivity index (χ0n) is 15.4. The molecule has 0 bridgehead atoms. The first kappa shape index (κ1) is 19.1. The number of unbranched alkanes of at least 4 members (excludes halogenated alkanes) is 3. The minimum Gasteiger partial charge on any atom is -0.508 e. The van der Waals surface area contributed by atoms with E-state index in [-0.39, 0.29) is 11.5 Å². The van der Waals surface area contributed by atoms with E-state index in [2.05, 4.69) is 23.8 Å². The van der Waals surface area contributed by atoms with Crippen molar-refractivity contribution in [2.45, 2.75) is 51.9 Å². The summed E-state index contributed by atoms with van der Waals surface area (Å²) < 4.78 is 0. The summed E-state index contributed by atoms with van der Waals surface area (Å²) in [5.74, 6) is 0.481. The molecule has 1 aliphatic heterocycles. The summed E-state index contributed by atoms with van der Waals surface area (Å²) >= 11 is 0. The largest absolute Gasteiger partial charge is 0.508 e. The minimum absolute atomic E-state index is 0.239. The Balaban J connectivity index is 1.82. The van der Waals surface area contributed by atoms with E-state index >= 15 is 0 Å². The summed E-state index contributed by atoms with van der Waals surface area (Å²) in [7, 11) is 2.17. The molecule has 1 fully saturated rings. The van der Waals surface area contributed by atoms with Crippen molar-refractivity contribution in [1.29, 1.82) is 0 Å². The molecule has 0 radical (unpaired) electrons. The van der Waals surface area contributed by atoms with Gasteiger partial charge in [0.2, 0.25) is 0 Å². The molecule has 2 N–H and O–H groups in total. The van der Waals surface area contributed by atoms with Gasteiger partial charge in [0.1, 0.15) is 11.5 Å². The number of aryl methyl sites for hydroxylation is 2. The molecule has 24 heavy (non-hydrogen) atoms. The van der Waals surface area contributed by atoms with Crippen LogP contribution in [0.5, 0.6) is 11.5 Å². The topological polar surface area (TPSA) is 46.9 Å². The third-order valence-electron chi connectivity index (χ3n) is 5.10. The molecule has 0 atom stereocenters. The molecule has 4 heteroatoms. The molecule has 2 rings (SSSR count). The van der Waals surface area contributed by atoms with Crippen LogP contribution in [0.4, 0.5) is 0 Å². The van der Waals surface area contributed by atoms with Gasteiger partial charge in [-0.05, 0) is 56.5 Å². The highest BCUT2D eigenvalue weighted by Gasteiger charge is 2.14. The Bertz CT molecular complexity index is 497. The molecule has 1 aromatic carbocycles. The molecular weight excluding hydrogens is 300 g/mol. The molecule has 4 nitrogen and oxygen atoms in total. The van der Waals surface area contributed by atoms with E-state index < -0.39 is 0 Å². The molecule has 136 valence electrons. The van der Waals surface area contributed by atoms with Crippen molar-refractivity contribution in [3.63, 3.8) is 0 Å². The van der Waals surface area contributed by atoms with Gasteiger partial charge in [-0.2, -0.15) is 0 Å². The Hall–Kier alpha value is -1.26. The van der Waals surface area contributed by atoms with Crippen molar-refractivity contribution in [2.75, 3.05) is 39.8 Å². The Kier molecular flexibility index (Phi) is 7.86. The molecule has 1 saturated heterocycles. The number of piperazine rings is 1. The zero-order chi connectivity index (χ0) is 17.4. The first-order chi connectivity index (χ1) is 11.6. The summed E-state index contributed by atoms with van der Waals surface area (Å²) in [5.41, 5.74) is 1.96. The Morgan fingerprint density at radius 3 is 2.08 bits per heavy atom. The third kappa shape index (κ3) is 5.99. The fourth-order valence-electron chi connectivity index (χ4n) is 3.38. The standard InChI is InChI=1S/C20H34N2O2/c1-3-4-5-6-8-17-15-18(20(24)16-19(17)23)9-7-10-22-13-11-21(2)12-14-22/h15-16,23-24H,3-14H2,1-2H3. The molecule has 1 heterocycles. The first-order valence-corrected chi connectivity index (χ1v) is 9.54. The second-order valence-electron chi connectivity index (χ2n) is 7.17. The van der Waals surface area contributed by atoms with Crippen molar-refractivity contribution < 1.29 is 10.2 Å². The number of phenolic OH excluding ortho intramolecular Hbond substituents is 2. The van der Waals surface area contributed by atoms with Crippen molar-refractivity contribution in [1.82, 2.24) is 9.80 Å². The minimum atomic E-state index is 0.239. The van der Waals surface area contributed by atoms with E-state index in [1.165, 1.54) is 25.3 Å². The smallest absolute Gasteiger partial charge is 0.122 e. The van der Waals surface area contributed by atoms with Gasteiger partial charge in [-0.1, -0.05) is 26.2 Å². The SMILES string of the molecule is CCCCCCc1cc(CCCN2CCN(C)CC2)c(O)cc1O. The molecule has 0 amide bonds. The van der Waals surface area contributed by atoms with E-state index in [0.29, 0.717) is 0 Å². The maximum absolute atomic E-state index is 10.1. The predicted octanol–water partition coefficient (Wildman–Crippen LogP) is 3.40. The summed E-state index contributed by atoms with van der Waals surface area (Å²) in [6.45, 7) is 7.86. The van der Waals surface area contributed by atoms with Gasteiger partial charge >= 0.3 is 0 Å². The number of hydrogen-bond donors (Lipinski definition) is 2. The first-order valence-electron chi connectivity index (χ1n) is 9.54. The van der Waals surface area contributed by atoms with E-state index in [0.717, 1.165) is 69.5 Å². The van der Waals surface area contributed by atoms with Crippen molar-refractivity contribution in [3.05, 3.63) is 23.3 Å². The van der Waals surface area contributed by atoms with Crippen molar-refractivity contribution in [3.8, 4) is 11.5 Å². The molecule has 0 aromatic heterocycles. The predicted molar refractivity (Wildman–Crippen MR) is 99.9 cm³/mol. The van der Waals surface area contributed by atoms with Gasteiger partial charge in [-0.15, -0.1) is 0 Å². The average molecular weight is 335 g/mol. The van der Waals surface area contributed by atoms with E-state index in [4.69, 9.17) is 0 Å². The van der Waals surface area contributed by atoms with Crippen LogP contribution in [-0.4, -0.2) is 59.8 Å². The quantitative estimate of drug-likeness (QED) is 0.680. The lowest BCUT2D eigenvalue weighted by atomic mass is 9.99. The second kappa shape index (κ2) is 9.90. The van der Waals surface area contributed by atoms with Crippen LogP contribution in [-0.2, 0) is 12.8 Å². The Labute approximate surface area is 147 Å². The molecule has 0 saturated carbocycles. The van der Waals surface area contributed by atoms with Crippen LogP contribution in [0.1, 0.15) is 50.2 Å². The van der Waals surface area contributed by atoms with Gasteiger partial charge in [0.25, 0.3) is 0 Å². The maximum atomic E-state index is 10.1. The Morgan fingerprint density at radius 1 is 0.833 bits per heavy atom. The van der Waals surface area contributed by atoms with Gasteiger partial charge in [0, 0.05) is 32.2 Å². The molecule has 1 aliphatic rings. The maximum Gasteiger partial charge on any atom is 0.122 e. The van der Waals surface area contributed by atoms with Gasteiger partial charge in [-0.3, -0.25) is 0 Å². The third-order valence-corrected chi connectivity index (χ3v) is 5.10. The molecular formula is C20H34N2O2. The number of aromatic hydroxyl groups is 2. The molecule has 1 aromatic rings. The van der Waals surface area contributed by atoms with E-state index in [9.17, 15) is 10.2 Å². The number of benzene rings is 1. The number of likely N-dealkylation sites (N-methyl/N-ethyl adjacent to an activating group) is 1. The normalized spacial score (nSPS) is 16.6. The number of rotatable bonds is 9. The van der Waals surface area contributed by atoms with Gasteiger partial charge in [0.05, 0.1) is 0 Å². The van der Waals surface area contributed by atoms with Crippen LogP contribution in [0.15, 0.2) is 12.1 Å². The highest BCUT2D eigenvalue weighted by atomic mass is 16.3. The molecule has 0 unspecified atom stereocenters. The highest BCUT2D eigenvalue weighted by molar-refractivity contribution is 5.45. The number of nitrogens with zero attached hydrogens (tertiary/aromatic N) is 2. The van der Waals surface area contributed by atoms with Crippen LogP contribution in [0.3, 0.4) is 0 Å². The van der Waals surface area contributed by atoms with Crippen LogP contribution in [0.2, 0.25) is 0 Å². The van der Waals surface area contributed by atoms with Crippen molar-refractivity contribution in [2.24, 2.45) is 0 Å². The molecule has 0 aliphatic carbocycles. The van der Waals surface area contributed by atoms with Gasteiger partial charge in [-0.25, -0.2) is 0 Å². The lowest BCUT2D eigenvalue weighted by Gasteiger charge is -2.32. The summed E-state index contributed by atoms with van der Waals surface area (Å²) in [6, 6.07) is 3.54. The van der Waals surface area contributed by atoms with Gasteiger partial charge in [0.15, 0.2) is 0 Å². The van der Waals surface area contributed by atoms with Crippen molar-refractivity contribution >= 4 is 0 Å². The summed E-state index contributed by atoms with van der Waals surface area (Å²) in [6.07, 6.45) is 7.60. The summed E-state index contributed by atoms with van der Waals surface area (Å²) in [5, 5.41) is 20.2. The van der Waals surface area contributed by atoms with Crippen LogP contribution >= 0.6 is 0 Å². The van der Waals surface area contributed by atoms with Crippen LogP contribution < -0.4 is 0 Å². The zero-order valence-corrected chi connectivity index (χ0v) is 15.4. The molecule has 0 spiro atoms. The van der Waals surface area contributed by atoms with E-state index in [1.807, 2.05) is 6.07 Å². The Morgan fingerprint density at radius 2 is 1.46 bits per heavy atom. The highest BCUT2D eigenvalue weighted by Crippen LogP contribution is 2.29. The summed E-state index contributed by atoms with van der Waals surface area (Å²) in [4.78, 5) is 4.87. The number of phenols is 2. The van der Waals surface area contributed by atoms with Gasteiger partial charge < -0.3 is 20.0 Å². The fourth-order valence-corrected chi connectivity index (χ4v) is 3.38. The van der Waals surface area contributed by atoms with E-state index in [1.54, 1.807) is 0 Å². The average Bonchev–Trinajstić information content (AvgIpc) is 2.56. The lowest BCUT2D eigenvalue weighted by molar-refractivity contribution is 0.153. The monoisotopic (exact) mass is 334 g/mol. The van der Waals surface area contributed by atoms with Crippen LogP contribution in [0.25, 0.3) is 0 Å². The second-order valence-corrected chi connectivity index (χ2v) is 7.17. The lowest BCUT2D eigenvalue weighted by Crippen LogP contribution is -2.44. The number of hydrogen-bond acceptors (Lipinski definition) is 4. The van der Waals surface area contributed by atoms with Crippen LogP contribution in [0, 0.1) is 0 Å². The fraction of sp³-hybridized carbons (Fsp3) is 0.700.